The van der Waals surface area contributed by atoms with E-state index < -0.39 is 5.51 Å². The van der Waals surface area contributed by atoms with Crippen molar-refractivity contribution in [3.63, 3.8) is 0 Å². The van der Waals surface area contributed by atoms with E-state index in [2.05, 4.69) is 5.32 Å². The lowest BCUT2D eigenvalue weighted by molar-refractivity contribution is -0.0328. The highest BCUT2D eigenvalue weighted by Gasteiger charge is 2.27. The predicted molar refractivity (Wildman–Crippen MR) is 60.4 cm³/mol. The van der Waals surface area contributed by atoms with Gasteiger partial charge in [-0.25, -0.2) is 0 Å². The monoisotopic (exact) mass is 252 g/mol. The molecule has 0 spiro atoms. The minimum Gasteiger partial charge on any atom is -0.353 e. The van der Waals surface area contributed by atoms with Crippen LogP contribution in [0.4, 0.5) is 13.2 Å². The van der Waals surface area contributed by atoms with Gasteiger partial charge >= 0.3 is 5.51 Å². The van der Waals surface area contributed by atoms with Gasteiger partial charge in [0.1, 0.15) is 0 Å². The van der Waals surface area contributed by atoms with Gasteiger partial charge in [0.2, 0.25) is 0 Å². The van der Waals surface area contributed by atoms with E-state index in [-0.39, 0.29) is 23.6 Å². The maximum atomic E-state index is 11.9. The molecule has 0 aliphatic rings. The molecule has 1 atom stereocenters. The summed E-state index contributed by atoms with van der Waals surface area (Å²) in [5.74, 6) is 0.0472. The molecule has 92 valence electrons. The van der Waals surface area contributed by atoms with Crippen LogP contribution in [0.5, 0.6) is 0 Å². The van der Waals surface area contributed by atoms with Crippen molar-refractivity contribution in [3.05, 3.63) is 24.0 Å². The fraction of sp³-hybridized carbons (Fsp3) is 0.600. The fourth-order valence-corrected chi connectivity index (χ4v) is 1.82. The Bertz CT molecular complexity index is 322. The van der Waals surface area contributed by atoms with Gasteiger partial charge in [-0.3, -0.25) is 0 Å². The molecule has 0 radical (unpaired) electrons. The molecule has 0 aromatic carbocycles. The molecule has 0 aliphatic carbocycles. The van der Waals surface area contributed by atoms with E-state index in [9.17, 15) is 13.2 Å². The SMILES string of the molecule is CNC(C)c1ccn(CCSC(F)(F)F)c1. The Kier molecular flexibility index (Phi) is 4.73. The third-order valence-corrected chi connectivity index (χ3v) is 3.04. The first-order chi connectivity index (χ1) is 7.42. The van der Waals surface area contributed by atoms with Gasteiger partial charge in [-0.15, -0.1) is 0 Å². The number of hydrogen-bond donors (Lipinski definition) is 1. The molecular weight excluding hydrogens is 237 g/mol. The van der Waals surface area contributed by atoms with Gasteiger partial charge in [-0.2, -0.15) is 13.2 Å². The first-order valence-electron chi connectivity index (χ1n) is 4.96. The molecule has 1 aromatic heterocycles. The van der Waals surface area contributed by atoms with Crippen molar-refractivity contribution in [2.24, 2.45) is 0 Å². The second kappa shape index (κ2) is 5.63. The summed E-state index contributed by atoms with van der Waals surface area (Å²) in [5, 5.41) is 3.08. The molecule has 1 N–H and O–H groups in total. The second-order valence-corrected chi connectivity index (χ2v) is 4.65. The number of nitrogens with one attached hydrogen (secondary N) is 1. The Balaban J connectivity index is 2.41. The number of thioether (sulfide) groups is 1. The average molecular weight is 252 g/mol. The molecule has 2 nitrogen and oxygen atoms in total. The van der Waals surface area contributed by atoms with Crippen molar-refractivity contribution in [3.8, 4) is 0 Å². The highest BCUT2D eigenvalue weighted by atomic mass is 32.2. The Labute approximate surface area is 97.2 Å². The Hall–Kier alpha value is -0.620. The summed E-state index contributed by atoms with van der Waals surface area (Å²) in [6, 6.07) is 2.14. The highest BCUT2D eigenvalue weighted by Crippen LogP contribution is 2.30. The van der Waals surface area contributed by atoms with Gasteiger partial charge in [0.15, 0.2) is 0 Å². The highest BCUT2D eigenvalue weighted by molar-refractivity contribution is 8.00. The van der Waals surface area contributed by atoms with Crippen LogP contribution in [0.3, 0.4) is 0 Å². The molecule has 1 heterocycles. The maximum absolute atomic E-state index is 11.9. The zero-order valence-corrected chi connectivity index (χ0v) is 10.0. The van der Waals surface area contributed by atoms with Crippen LogP contribution in [0.1, 0.15) is 18.5 Å². The largest absolute Gasteiger partial charge is 0.441 e. The Morgan fingerprint density at radius 1 is 1.50 bits per heavy atom. The van der Waals surface area contributed by atoms with Crippen LogP contribution >= 0.6 is 11.8 Å². The van der Waals surface area contributed by atoms with Crippen LogP contribution < -0.4 is 5.32 Å². The third-order valence-electron chi connectivity index (χ3n) is 2.32. The molecule has 0 amide bonds. The van der Waals surface area contributed by atoms with Crippen molar-refractivity contribution < 1.29 is 13.2 Å². The normalized spacial score (nSPS) is 14.1. The van der Waals surface area contributed by atoms with Crippen LogP contribution in [-0.4, -0.2) is 22.9 Å². The summed E-state index contributed by atoms with van der Waals surface area (Å²) in [6.45, 7) is 2.38. The number of aromatic nitrogens is 1. The van der Waals surface area contributed by atoms with Crippen molar-refractivity contribution in [2.45, 2.75) is 25.0 Å². The topological polar surface area (TPSA) is 17.0 Å². The van der Waals surface area contributed by atoms with Crippen molar-refractivity contribution in [1.29, 1.82) is 0 Å². The van der Waals surface area contributed by atoms with Gasteiger partial charge < -0.3 is 9.88 Å². The minimum absolute atomic E-state index is 0.0154. The van der Waals surface area contributed by atoms with Crippen molar-refractivity contribution in [2.75, 3.05) is 12.8 Å². The number of nitrogens with zero attached hydrogens (tertiary/aromatic N) is 1. The van der Waals surface area contributed by atoms with Crippen LogP contribution in [0.2, 0.25) is 0 Å². The molecule has 1 rings (SSSR count). The molecule has 0 saturated heterocycles. The first-order valence-corrected chi connectivity index (χ1v) is 5.94. The van der Waals surface area contributed by atoms with Crippen LogP contribution in [0, 0.1) is 0 Å². The smallest absolute Gasteiger partial charge is 0.353 e. The van der Waals surface area contributed by atoms with Gasteiger partial charge in [0.05, 0.1) is 0 Å². The summed E-state index contributed by atoms with van der Waals surface area (Å²) in [7, 11) is 1.85. The summed E-state index contributed by atoms with van der Waals surface area (Å²) < 4.78 is 37.4. The number of aryl methyl sites for hydroxylation is 1. The molecule has 0 saturated carbocycles. The van der Waals surface area contributed by atoms with Gasteiger partial charge in [-0.1, -0.05) is 0 Å². The van der Waals surface area contributed by atoms with E-state index >= 15 is 0 Å². The summed E-state index contributed by atoms with van der Waals surface area (Å²) >= 11 is 0.0154. The lowest BCUT2D eigenvalue weighted by Crippen LogP contribution is -2.11. The first kappa shape index (κ1) is 13.4. The van der Waals surface area contributed by atoms with Gasteiger partial charge in [0, 0.05) is 30.7 Å². The zero-order chi connectivity index (χ0) is 12.2. The molecule has 1 aromatic rings. The molecule has 16 heavy (non-hydrogen) atoms. The number of halogens is 3. The van der Waals surface area contributed by atoms with Crippen molar-refractivity contribution >= 4 is 11.8 Å². The zero-order valence-electron chi connectivity index (χ0n) is 9.21. The molecule has 0 fully saturated rings. The Morgan fingerprint density at radius 2 is 2.19 bits per heavy atom. The van der Waals surface area contributed by atoms with Gasteiger partial charge in [-0.05, 0) is 37.4 Å². The molecule has 0 bridgehead atoms. The van der Waals surface area contributed by atoms with E-state index in [1.807, 2.05) is 26.2 Å². The minimum atomic E-state index is -4.13. The Morgan fingerprint density at radius 3 is 2.75 bits per heavy atom. The predicted octanol–water partition coefficient (Wildman–Crippen LogP) is 3.02. The second-order valence-electron chi connectivity index (χ2n) is 3.49. The molecular formula is C10H15F3N2S. The summed E-state index contributed by atoms with van der Waals surface area (Å²) in [4.78, 5) is 0. The van der Waals surface area contributed by atoms with E-state index in [1.165, 1.54) is 0 Å². The molecule has 0 aliphatic heterocycles. The van der Waals surface area contributed by atoms with E-state index in [0.717, 1.165) is 5.56 Å². The molecule has 1 unspecified atom stereocenters. The van der Waals surface area contributed by atoms with E-state index in [4.69, 9.17) is 0 Å². The standard InChI is InChI=1S/C10H15F3N2S/c1-8(14-2)9-3-4-15(7-9)5-6-16-10(11,12)13/h3-4,7-8,14H,5-6H2,1-2H3. The quantitative estimate of drug-likeness (QED) is 0.867. The van der Waals surface area contributed by atoms with Crippen LogP contribution in [0.15, 0.2) is 18.5 Å². The number of hydrogen-bond acceptors (Lipinski definition) is 2. The number of rotatable bonds is 5. The fourth-order valence-electron chi connectivity index (χ4n) is 1.29. The number of alkyl halides is 3. The third kappa shape index (κ3) is 4.49. The van der Waals surface area contributed by atoms with E-state index in [0.29, 0.717) is 6.54 Å². The van der Waals surface area contributed by atoms with E-state index in [1.54, 1.807) is 10.8 Å². The molecule has 6 heteroatoms. The van der Waals surface area contributed by atoms with Crippen LogP contribution in [0.25, 0.3) is 0 Å². The lowest BCUT2D eigenvalue weighted by Gasteiger charge is -2.08. The van der Waals surface area contributed by atoms with Crippen molar-refractivity contribution in [1.82, 2.24) is 9.88 Å². The average Bonchev–Trinajstić information content (AvgIpc) is 2.63. The van der Waals surface area contributed by atoms with Gasteiger partial charge in [0.25, 0.3) is 0 Å². The summed E-state index contributed by atoms with van der Waals surface area (Å²) in [6.07, 6.45) is 3.68. The lowest BCUT2D eigenvalue weighted by atomic mass is 10.2. The van der Waals surface area contributed by atoms with Crippen LogP contribution in [-0.2, 0) is 6.54 Å². The summed E-state index contributed by atoms with van der Waals surface area (Å²) in [5.41, 5.74) is -3.05. The maximum Gasteiger partial charge on any atom is 0.441 e.